The van der Waals surface area contributed by atoms with Gasteiger partial charge in [0, 0.05) is 17.8 Å². The van der Waals surface area contributed by atoms with E-state index in [2.05, 4.69) is 10.6 Å². The Kier molecular flexibility index (Phi) is 5.13. The number of aliphatic hydroxyl groups is 1. The molecule has 1 rings (SSSR count). The minimum absolute atomic E-state index is 0.188. The van der Waals surface area contributed by atoms with Gasteiger partial charge in [-0.05, 0) is 31.5 Å². The summed E-state index contributed by atoms with van der Waals surface area (Å²) in [6.45, 7) is 1.63. The third-order valence-corrected chi connectivity index (χ3v) is 2.20. The highest BCUT2D eigenvalue weighted by Gasteiger charge is 2.05. The van der Waals surface area contributed by atoms with Gasteiger partial charge in [0.25, 0.3) is 0 Å². The number of carbonyl (C=O) groups is 2. The number of benzene rings is 1. The molecule has 0 saturated carbocycles. The number of hydrogen-bond acceptors (Lipinski definition) is 3. The fourth-order valence-corrected chi connectivity index (χ4v) is 1.38. The minimum atomic E-state index is -0.660. The Bertz CT molecular complexity index is 432. The van der Waals surface area contributed by atoms with E-state index in [0.29, 0.717) is 17.8 Å². The van der Waals surface area contributed by atoms with Gasteiger partial charge in [0.1, 0.15) is 0 Å². The molecule has 0 spiro atoms. The Morgan fingerprint density at radius 3 is 2.50 bits per heavy atom. The Morgan fingerprint density at radius 1 is 1.33 bits per heavy atom. The fourth-order valence-electron chi connectivity index (χ4n) is 1.38. The first-order valence-corrected chi connectivity index (χ1v) is 5.62. The Morgan fingerprint density at radius 2 is 1.94 bits per heavy atom. The average Bonchev–Trinajstić information content (AvgIpc) is 2.26. The number of primary amides is 1. The molecule has 0 aliphatic carbocycles. The van der Waals surface area contributed by atoms with Gasteiger partial charge in [-0.3, -0.25) is 4.79 Å². The van der Waals surface area contributed by atoms with Crippen molar-refractivity contribution < 1.29 is 14.7 Å². The van der Waals surface area contributed by atoms with Gasteiger partial charge in [-0.25, -0.2) is 4.79 Å². The highest BCUT2D eigenvalue weighted by Crippen LogP contribution is 2.15. The summed E-state index contributed by atoms with van der Waals surface area (Å²) in [4.78, 5) is 22.2. The predicted octanol–water partition coefficient (Wildman–Crippen LogP) is 1.28. The van der Waals surface area contributed by atoms with Gasteiger partial charge >= 0.3 is 6.03 Å². The lowest BCUT2D eigenvalue weighted by Gasteiger charge is -2.08. The molecule has 0 bridgehead atoms. The summed E-state index contributed by atoms with van der Waals surface area (Å²) in [7, 11) is 0. The number of nitrogens with two attached hydrogens (primary N) is 1. The summed E-state index contributed by atoms with van der Waals surface area (Å²) in [6, 6.07) is 6.00. The standard InChI is InChI=1S/C12H17N3O3/c1-8(16)5-6-11(17)14-9-3-2-4-10(7-9)15-12(13)18/h2-4,7-8,16H,5-6H2,1H3,(H,14,17)(H3,13,15,18). The van der Waals surface area contributed by atoms with Crippen LogP contribution in [0.4, 0.5) is 16.2 Å². The van der Waals surface area contributed by atoms with E-state index < -0.39 is 12.1 Å². The zero-order valence-corrected chi connectivity index (χ0v) is 10.1. The number of rotatable bonds is 5. The molecule has 98 valence electrons. The van der Waals surface area contributed by atoms with Crippen LogP contribution in [0.3, 0.4) is 0 Å². The summed E-state index contributed by atoms with van der Waals surface area (Å²) in [5, 5.41) is 14.2. The Hall–Kier alpha value is -2.08. The van der Waals surface area contributed by atoms with Crippen LogP contribution in [0.5, 0.6) is 0 Å². The molecule has 0 heterocycles. The highest BCUT2D eigenvalue weighted by molar-refractivity contribution is 5.93. The van der Waals surface area contributed by atoms with E-state index in [4.69, 9.17) is 10.8 Å². The van der Waals surface area contributed by atoms with Crippen LogP contribution in [0.1, 0.15) is 19.8 Å². The molecule has 3 amide bonds. The van der Waals surface area contributed by atoms with Crippen molar-refractivity contribution in [3.05, 3.63) is 24.3 Å². The van der Waals surface area contributed by atoms with Gasteiger partial charge in [0.15, 0.2) is 0 Å². The topological polar surface area (TPSA) is 104 Å². The number of anilines is 2. The zero-order valence-electron chi connectivity index (χ0n) is 10.1. The van der Waals surface area contributed by atoms with E-state index in [1.807, 2.05) is 0 Å². The summed E-state index contributed by atoms with van der Waals surface area (Å²) < 4.78 is 0. The van der Waals surface area contributed by atoms with Crippen molar-refractivity contribution in [2.45, 2.75) is 25.9 Å². The smallest absolute Gasteiger partial charge is 0.316 e. The van der Waals surface area contributed by atoms with Crippen molar-refractivity contribution in [3.8, 4) is 0 Å². The molecular formula is C12H17N3O3. The first-order valence-electron chi connectivity index (χ1n) is 5.62. The normalized spacial score (nSPS) is 11.7. The Labute approximate surface area is 105 Å². The van der Waals surface area contributed by atoms with Crippen LogP contribution in [-0.2, 0) is 4.79 Å². The maximum absolute atomic E-state index is 11.5. The largest absolute Gasteiger partial charge is 0.393 e. The monoisotopic (exact) mass is 251 g/mol. The van der Waals surface area contributed by atoms with Crippen LogP contribution in [0.15, 0.2) is 24.3 Å². The summed E-state index contributed by atoms with van der Waals surface area (Å²) in [5.41, 5.74) is 6.07. The second kappa shape index (κ2) is 6.61. The van der Waals surface area contributed by atoms with E-state index in [9.17, 15) is 9.59 Å². The molecule has 0 radical (unpaired) electrons. The number of hydrogen-bond donors (Lipinski definition) is 4. The van der Waals surface area contributed by atoms with E-state index in [1.54, 1.807) is 31.2 Å². The van der Waals surface area contributed by atoms with Crippen LogP contribution in [0, 0.1) is 0 Å². The molecule has 1 aromatic rings. The van der Waals surface area contributed by atoms with Crippen molar-refractivity contribution >= 4 is 23.3 Å². The van der Waals surface area contributed by atoms with Crippen LogP contribution in [0.2, 0.25) is 0 Å². The zero-order chi connectivity index (χ0) is 13.5. The molecule has 1 aromatic carbocycles. The molecule has 0 aliphatic rings. The number of aliphatic hydroxyl groups excluding tert-OH is 1. The molecular weight excluding hydrogens is 234 g/mol. The number of carbonyl (C=O) groups excluding carboxylic acids is 2. The second-order valence-corrected chi connectivity index (χ2v) is 4.01. The third kappa shape index (κ3) is 5.31. The van der Waals surface area contributed by atoms with Gasteiger partial charge in [-0.15, -0.1) is 0 Å². The van der Waals surface area contributed by atoms with Gasteiger partial charge < -0.3 is 21.5 Å². The van der Waals surface area contributed by atoms with Crippen molar-refractivity contribution in [2.75, 3.05) is 10.6 Å². The highest BCUT2D eigenvalue weighted by atomic mass is 16.3. The first kappa shape index (κ1) is 14.0. The second-order valence-electron chi connectivity index (χ2n) is 4.01. The average molecular weight is 251 g/mol. The SMILES string of the molecule is CC(O)CCC(=O)Nc1cccc(NC(N)=O)c1. The van der Waals surface area contributed by atoms with E-state index in [1.165, 1.54) is 0 Å². The van der Waals surface area contributed by atoms with E-state index >= 15 is 0 Å². The molecule has 5 N–H and O–H groups in total. The molecule has 18 heavy (non-hydrogen) atoms. The van der Waals surface area contributed by atoms with Gasteiger partial charge in [-0.2, -0.15) is 0 Å². The van der Waals surface area contributed by atoms with Gasteiger partial charge in [0.2, 0.25) is 5.91 Å². The van der Waals surface area contributed by atoms with Gasteiger partial charge in [-0.1, -0.05) is 6.07 Å². The van der Waals surface area contributed by atoms with E-state index in [0.717, 1.165) is 0 Å². The van der Waals surface area contributed by atoms with Crippen molar-refractivity contribution in [1.29, 1.82) is 0 Å². The van der Waals surface area contributed by atoms with Gasteiger partial charge in [0.05, 0.1) is 6.10 Å². The Balaban J connectivity index is 2.56. The van der Waals surface area contributed by atoms with Crippen LogP contribution < -0.4 is 16.4 Å². The number of urea groups is 1. The molecule has 6 nitrogen and oxygen atoms in total. The summed E-state index contributed by atoms with van der Waals surface area (Å²) in [6.07, 6.45) is 0.148. The summed E-state index contributed by atoms with van der Waals surface area (Å²) in [5.74, 6) is -0.188. The molecule has 6 heteroatoms. The molecule has 1 unspecified atom stereocenters. The molecule has 0 aliphatic heterocycles. The predicted molar refractivity (Wildman–Crippen MR) is 69.2 cm³/mol. The molecule has 0 aromatic heterocycles. The van der Waals surface area contributed by atoms with Crippen LogP contribution in [-0.4, -0.2) is 23.1 Å². The first-order chi connectivity index (χ1) is 8.47. The molecule has 1 atom stereocenters. The number of amides is 3. The molecule has 0 saturated heterocycles. The van der Waals surface area contributed by atoms with Crippen molar-refractivity contribution in [2.24, 2.45) is 5.73 Å². The van der Waals surface area contributed by atoms with Crippen molar-refractivity contribution in [1.82, 2.24) is 0 Å². The van der Waals surface area contributed by atoms with Crippen LogP contribution >= 0.6 is 0 Å². The lowest BCUT2D eigenvalue weighted by molar-refractivity contribution is -0.116. The quantitative estimate of drug-likeness (QED) is 0.633. The van der Waals surface area contributed by atoms with E-state index in [-0.39, 0.29) is 12.3 Å². The third-order valence-electron chi connectivity index (χ3n) is 2.20. The lowest BCUT2D eigenvalue weighted by atomic mass is 10.2. The van der Waals surface area contributed by atoms with Crippen LogP contribution in [0.25, 0.3) is 0 Å². The number of nitrogens with one attached hydrogen (secondary N) is 2. The maximum Gasteiger partial charge on any atom is 0.316 e. The minimum Gasteiger partial charge on any atom is -0.393 e. The van der Waals surface area contributed by atoms with Crippen molar-refractivity contribution in [3.63, 3.8) is 0 Å². The summed E-state index contributed by atoms with van der Waals surface area (Å²) >= 11 is 0. The molecule has 0 fully saturated rings. The lowest BCUT2D eigenvalue weighted by Crippen LogP contribution is -2.19. The maximum atomic E-state index is 11.5. The fraction of sp³-hybridized carbons (Fsp3) is 0.333.